The largest absolute Gasteiger partial charge is 0.461 e. The Morgan fingerprint density at radius 3 is 2.70 bits per heavy atom. The van der Waals surface area contributed by atoms with Gasteiger partial charge in [-0.3, -0.25) is 14.3 Å². The molecule has 8 heteroatoms. The first kappa shape index (κ1) is 22.2. The van der Waals surface area contributed by atoms with Crippen molar-refractivity contribution >= 4 is 17.7 Å². The van der Waals surface area contributed by atoms with E-state index in [0.717, 1.165) is 55.6 Å². The quantitative estimate of drug-likeness (QED) is 0.493. The van der Waals surface area contributed by atoms with Gasteiger partial charge in [-0.1, -0.05) is 61.4 Å². The molecular weight excluding hydrogens is 434 g/mol. The minimum atomic E-state index is 0.0595. The summed E-state index contributed by atoms with van der Waals surface area (Å²) in [5.41, 5.74) is 1.31. The zero-order valence-electron chi connectivity index (χ0n) is 18.9. The molecule has 1 N–H and O–H groups in total. The van der Waals surface area contributed by atoms with Crippen LogP contribution >= 0.6 is 11.8 Å². The molecule has 3 aromatic rings. The summed E-state index contributed by atoms with van der Waals surface area (Å²) in [5.74, 6) is 1.90. The molecule has 1 aliphatic carbocycles. The normalized spacial score (nSPS) is 19.7. The molecular formula is C25H31N5O2S. The average Bonchev–Trinajstić information content (AvgIpc) is 3.60. The number of nitrogens with one attached hydrogen (secondary N) is 1. The molecule has 33 heavy (non-hydrogen) atoms. The van der Waals surface area contributed by atoms with Crippen LogP contribution in [0.2, 0.25) is 0 Å². The zero-order valence-corrected chi connectivity index (χ0v) is 19.7. The molecule has 0 spiro atoms. The van der Waals surface area contributed by atoms with Gasteiger partial charge in [0, 0.05) is 31.7 Å². The van der Waals surface area contributed by atoms with Crippen LogP contribution in [-0.2, 0) is 11.3 Å². The molecule has 3 heterocycles. The van der Waals surface area contributed by atoms with Gasteiger partial charge >= 0.3 is 0 Å². The fraction of sp³-hybridized carbons (Fsp3) is 0.480. The van der Waals surface area contributed by atoms with Crippen LogP contribution in [0.3, 0.4) is 0 Å². The molecule has 1 saturated heterocycles. The number of amides is 1. The van der Waals surface area contributed by atoms with Gasteiger partial charge in [0.05, 0.1) is 12.0 Å². The SMILES string of the molecule is O=C(CSc1nnc(-c2ccco2)n1C1CCCCC1)NC1CCN(Cc2ccccc2)C1. The van der Waals surface area contributed by atoms with Crippen LogP contribution in [-0.4, -0.2) is 50.5 Å². The standard InChI is InChI=1S/C25H31N5O2S/c31-23(26-20-13-14-29(17-20)16-19-8-3-1-4-9-19)18-33-25-28-27-24(22-12-7-15-32-22)30(25)21-10-5-2-6-11-21/h1,3-4,7-9,12,15,20-21H,2,5-6,10-11,13-14,16-18H2,(H,26,31). The Hall–Kier alpha value is -2.58. The molecule has 1 atom stereocenters. The van der Waals surface area contributed by atoms with Crippen molar-refractivity contribution in [2.45, 2.75) is 62.3 Å². The van der Waals surface area contributed by atoms with Crippen LogP contribution < -0.4 is 5.32 Å². The van der Waals surface area contributed by atoms with E-state index in [9.17, 15) is 4.79 Å². The molecule has 1 aliphatic heterocycles. The van der Waals surface area contributed by atoms with Crippen molar-refractivity contribution in [3.8, 4) is 11.6 Å². The van der Waals surface area contributed by atoms with Crippen LogP contribution in [0.15, 0.2) is 58.3 Å². The van der Waals surface area contributed by atoms with Gasteiger partial charge in [0.25, 0.3) is 0 Å². The highest BCUT2D eigenvalue weighted by molar-refractivity contribution is 7.99. The summed E-state index contributed by atoms with van der Waals surface area (Å²) in [7, 11) is 0. The number of benzene rings is 1. The highest BCUT2D eigenvalue weighted by atomic mass is 32.2. The lowest BCUT2D eigenvalue weighted by Gasteiger charge is -2.25. The van der Waals surface area contributed by atoms with Crippen molar-refractivity contribution in [3.05, 3.63) is 54.3 Å². The second-order valence-corrected chi connectivity index (χ2v) is 9.95. The maximum Gasteiger partial charge on any atom is 0.230 e. The van der Waals surface area contributed by atoms with Crippen LogP contribution in [0.25, 0.3) is 11.6 Å². The lowest BCUT2D eigenvalue weighted by atomic mass is 9.95. The van der Waals surface area contributed by atoms with E-state index in [1.54, 1.807) is 6.26 Å². The van der Waals surface area contributed by atoms with Crippen molar-refractivity contribution in [1.29, 1.82) is 0 Å². The Labute approximate surface area is 198 Å². The number of furan rings is 1. The summed E-state index contributed by atoms with van der Waals surface area (Å²) in [4.78, 5) is 15.1. The van der Waals surface area contributed by atoms with E-state index < -0.39 is 0 Å². The number of hydrogen-bond donors (Lipinski definition) is 1. The predicted octanol–water partition coefficient (Wildman–Crippen LogP) is 4.53. The summed E-state index contributed by atoms with van der Waals surface area (Å²) < 4.78 is 7.82. The maximum absolute atomic E-state index is 12.7. The molecule has 1 unspecified atom stereocenters. The zero-order chi connectivity index (χ0) is 22.5. The number of nitrogens with zero attached hydrogens (tertiary/aromatic N) is 4. The van der Waals surface area contributed by atoms with Gasteiger partial charge in [-0.05, 0) is 37.0 Å². The van der Waals surface area contributed by atoms with Gasteiger partial charge in [-0.25, -0.2) is 0 Å². The van der Waals surface area contributed by atoms with E-state index in [-0.39, 0.29) is 11.9 Å². The van der Waals surface area contributed by atoms with E-state index in [1.165, 1.54) is 36.6 Å². The smallest absolute Gasteiger partial charge is 0.230 e. The third-order valence-electron chi connectivity index (χ3n) is 6.56. The second kappa shape index (κ2) is 10.6. The fourth-order valence-electron chi connectivity index (χ4n) is 4.95. The molecule has 1 amide bonds. The highest BCUT2D eigenvalue weighted by Crippen LogP contribution is 2.35. The molecule has 7 nitrogen and oxygen atoms in total. The average molecular weight is 466 g/mol. The van der Waals surface area contributed by atoms with Crippen molar-refractivity contribution in [2.75, 3.05) is 18.8 Å². The van der Waals surface area contributed by atoms with Crippen molar-refractivity contribution in [2.24, 2.45) is 0 Å². The Balaban J connectivity index is 1.18. The van der Waals surface area contributed by atoms with Gasteiger partial charge in [0.1, 0.15) is 0 Å². The monoisotopic (exact) mass is 465 g/mol. The van der Waals surface area contributed by atoms with E-state index in [0.29, 0.717) is 11.8 Å². The molecule has 174 valence electrons. The first-order valence-corrected chi connectivity index (χ1v) is 12.9. The number of aromatic nitrogens is 3. The number of carbonyl (C=O) groups is 1. The Morgan fingerprint density at radius 2 is 1.91 bits per heavy atom. The van der Waals surface area contributed by atoms with Crippen LogP contribution in [0, 0.1) is 0 Å². The van der Waals surface area contributed by atoms with E-state index in [2.05, 4.69) is 49.2 Å². The minimum absolute atomic E-state index is 0.0595. The Kier molecular flexibility index (Phi) is 7.12. The van der Waals surface area contributed by atoms with Crippen LogP contribution in [0.4, 0.5) is 0 Å². The topological polar surface area (TPSA) is 76.2 Å². The first-order valence-electron chi connectivity index (χ1n) is 11.9. The number of carbonyl (C=O) groups excluding carboxylic acids is 1. The molecule has 0 radical (unpaired) electrons. The molecule has 2 aromatic heterocycles. The maximum atomic E-state index is 12.7. The third kappa shape index (κ3) is 5.50. The summed E-state index contributed by atoms with van der Waals surface area (Å²) in [5, 5.41) is 12.9. The van der Waals surface area contributed by atoms with Gasteiger partial charge in [0.15, 0.2) is 10.9 Å². The molecule has 0 bridgehead atoms. The Morgan fingerprint density at radius 1 is 1.06 bits per heavy atom. The lowest BCUT2D eigenvalue weighted by Crippen LogP contribution is -2.38. The van der Waals surface area contributed by atoms with Crippen LogP contribution in [0.1, 0.15) is 50.1 Å². The Bertz CT molecular complexity index is 1030. The van der Waals surface area contributed by atoms with E-state index >= 15 is 0 Å². The first-order chi connectivity index (χ1) is 16.3. The van der Waals surface area contributed by atoms with Crippen LogP contribution in [0.5, 0.6) is 0 Å². The fourth-order valence-corrected chi connectivity index (χ4v) is 5.77. The summed E-state index contributed by atoms with van der Waals surface area (Å²) in [6, 6.07) is 14.9. The molecule has 5 rings (SSSR count). The van der Waals surface area contributed by atoms with E-state index in [1.807, 2.05) is 18.2 Å². The minimum Gasteiger partial charge on any atom is -0.461 e. The summed E-state index contributed by atoms with van der Waals surface area (Å²) >= 11 is 1.48. The summed E-state index contributed by atoms with van der Waals surface area (Å²) in [6.45, 7) is 2.84. The highest BCUT2D eigenvalue weighted by Gasteiger charge is 2.27. The van der Waals surface area contributed by atoms with Gasteiger partial charge in [-0.2, -0.15) is 0 Å². The molecule has 2 aliphatic rings. The number of rotatable bonds is 8. The predicted molar refractivity (Wildman–Crippen MR) is 129 cm³/mol. The van der Waals surface area contributed by atoms with Crippen molar-refractivity contribution in [3.63, 3.8) is 0 Å². The lowest BCUT2D eigenvalue weighted by molar-refractivity contribution is -0.119. The van der Waals surface area contributed by atoms with Crippen molar-refractivity contribution < 1.29 is 9.21 Å². The van der Waals surface area contributed by atoms with Gasteiger partial charge < -0.3 is 9.73 Å². The number of thioether (sulfide) groups is 1. The summed E-state index contributed by atoms with van der Waals surface area (Å²) in [6.07, 6.45) is 8.60. The third-order valence-corrected chi connectivity index (χ3v) is 7.51. The molecule has 1 saturated carbocycles. The number of likely N-dealkylation sites (tertiary alicyclic amines) is 1. The number of hydrogen-bond acceptors (Lipinski definition) is 6. The second-order valence-electron chi connectivity index (χ2n) is 9.01. The van der Waals surface area contributed by atoms with E-state index in [4.69, 9.17) is 4.42 Å². The molecule has 2 fully saturated rings. The van der Waals surface area contributed by atoms with Gasteiger partial charge in [-0.15, -0.1) is 10.2 Å². The molecule has 1 aromatic carbocycles. The van der Waals surface area contributed by atoms with Crippen molar-refractivity contribution in [1.82, 2.24) is 25.0 Å². The van der Waals surface area contributed by atoms with Gasteiger partial charge in [0.2, 0.25) is 11.7 Å².